The van der Waals surface area contributed by atoms with Crippen molar-refractivity contribution in [2.45, 2.75) is 26.2 Å². The molecule has 2 nitrogen and oxygen atoms in total. The summed E-state index contributed by atoms with van der Waals surface area (Å²) in [5.41, 5.74) is 1.27. The van der Waals surface area contributed by atoms with Crippen molar-refractivity contribution in [1.82, 2.24) is 0 Å². The fourth-order valence-corrected chi connectivity index (χ4v) is 1.66. The van der Waals surface area contributed by atoms with Crippen LogP contribution in [-0.2, 0) is 5.41 Å². The summed E-state index contributed by atoms with van der Waals surface area (Å²) in [6.07, 6.45) is 0. The molecule has 102 valence electrons. The molecule has 0 spiro atoms. The van der Waals surface area contributed by atoms with E-state index in [0.29, 0.717) is 30.7 Å². The molecule has 1 aromatic carbocycles. The quantitative estimate of drug-likeness (QED) is 0.731. The standard InChI is InChI=1S/C14H20Cl2O2/c1-14(2,3)11-4-5-12(17-8-6-15)13(10-11)18-9-7-16/h4-5,10H,6-9H2,1-3H3. The number of alkyl halides is 2. The maximum Gasteiger partial charge on any atom is 0.161 e. The number of rotatable bonds is 6. The summed E-state index contributed by atoms with van der Waals surface area (Å²) in [6, 6.07) is 5.99. The van der Waals surface area contributed by atoms with E-state index in [1.165, 1.54) is 5.56 Å². The van der Waals surface area contributed by atoms with Crippen molar-refractivity contribution in [3.05, 3.63) is 23.8 Å². The van der Waals surface area contributed by atoms with Gasteiger partial charge in [-0.15, -0.1) is 23.2 Å². The summed E-state index contributed by atoms with van der Waals surface area (Å²) in [5.74, 6) is 2.35. The molecule has 0 aromatic heterocycles. The van der Waals surface area contributed by atoms with E-state index in [0.717, 1.165) is 5.75 Å². The lowest BCUT2D eigenvalue weighted by Crippen LogP contribution is -2.12. The van der Waals surface area contributed by atoms with Crippen molar-refractivity contribution in [2.75, 3.05) is 25.0 Å². The van der Waals surface area contributed by atoms with Gasteiger partial charge in [0.15, 0.2) is 11.5 Å². The number of ether oxygens (including phenoxy) is 2. The summed E-state index contributed by atoms with van der Waals surface area (Å²) in [7, 11) is 0. The van der Waals surface area contributed by atoms with Crippen molar-refractivity contribution in [3.8, 4) is 11.5 Å². The third-order valence-electron chi connectivity index (χ3n) is 2.48. The van der Waals surface area contributed by atoms with Crippen molar-refractivity contribution < 1.29 is 9.47 Å². The van der Waals surface area contributed by atoms with Gasteiger partial charge in [-0.05, 0) is 23.1 Å². The molecule has 0 atom stereocenters. The van der Waals surface area contributed by atoms with Gasteiger partial charge < -0.3 is 9.47 Å². The van der Waals surface area contributed by atoms with E-state index >= 15 is 0 Å². The van der Waals surface area contributed by atoms with Gasteiger partial charge in [-0.1, -0.05) is 26.8 Å². The maximum atomic E-state index is 5.65. The molecule has 0 aliphatic rings. The van der Waals surface area contributed by atoms with Gasteiger partial charge in [-0.3, -0.25) is 0 Å². The molecule has 0 amide bonds. The highest BCUT2D eigenvalue weighted by Gasteiger charge is 2.16. The SMILES string of the molecule is CC(C)(C)c1ccc(OCCCl)c(OCCCl)c1. The fraction of sp³-hybridized carbons (Fsp3) is 0.571. The Kier molecular flexibility index (Phi) is 6.10. The van der Waals surface area contributed by atoms with E-state index < -0.39 is 0 Å². The Bertz CT molecular complexity index is 373. The highest BCUT2D eigenvalue weighted by Crippen LogP contribution is 2.33. The molecule has 0 unspecified atom stereocenters. The van der Waals surface area contributed by atoms with Crippen LogP contribution in [0.4, 0.5) is 0 Å². The lowest BCUT2D eigenvalue weighted by atomic mass is 9.87. The van der Waals surface area contributed by atoms with Crippen molar-refractivity contribution in [1.29, 1.82) is 0 Å². The van der Waals surface area contributed by atoms with Crippen molar-refractivity contribution in [3.63, 3.8) is 0 Å². The average molecular weight is 291 g/mol. The molecule has 4 heteroatoms. The van der Waals surface area contributed by atoms with Crippen LogP contribution in [0.1, 0.15) is 26.3 Å². The van der Waals surface area contributed by atoms with E-state index in [9.17, 15) is 0 Å². The molecule has 0 saturated carbocycles. The lowest BCUT2D eigenvalue weighted by molar-refractivity contribution is 0.289. The Hall–Kier alpha value is -0.600. The first-order valence-corrected chi connectivity index (χ1v) is 7.08. The predicted octanol–water partition coefficient (Wildman–Crippen LogP) is 4.22. The van der Waals surface area contributed by atoms with Gasteiger partial charge in [0.2, 0.25) is 0 Å². The molecule has 1 aromatic rings. The zero-order chi connectivity index (χ0) is 13.6. The van der Waals surface area contributed by atoms with Gasteiger partial charge in [0.05, 0.1) is 11.8 Å². The van der Waals surface area contributed by atoms with Crippen LogP contribution in [-0.4, -0.2) is 25.0 Å². The number of hydrogen-bond donors (Lipinski definition) is 0. The van der Waals surface area contributed by atoms with E-state index in [4.69, 9.17) is 32.7 Å². The minimum Gasteiger partial charge on any atom is -0.488 e. The molecule has 1 rings (SSSR count). The number of hydrogen-bond acceptors (Lipinski definition) is 2. The van der Waals surface area contributed by atoms with Crippen LogP contribution in [0.5, 0.6) is 11.5 Å². The molecule has 0 radical (unpaired) electrons. The lowest BCUT2D eigenvalue weighted by Gasteiger charge is -2.21. The van der Waals surface area contributed by atoms with Crippen LogP contribution in [0.3, 0.4) is 0 Å². The molecule has 0 saturated heterocycles. The van der Waals surface area contributed by atoms with Gasteiger partial charge in [0, 0.05) is 0 Å². The van der Waals surface area contributed by atoms with E-state index in [1.54, 1.807) is 0 Å². The second-order valence-corrected chi connectivity index (χ2v) is 5.74. The second kappa shape index (κ2) is 7.10. The predicted molar refractivity (Wildman–Crippen MR) is 77.6 cm³/mol. The highest BCUT2D eigenvalue weighted by molar-refractivity contribution is 6.18. The zero-order valence-corrected chi connectivity index (χ0v) is 12.6. The smallest absolute Gasteiger partial charge is 0.161 e. The third-order valence-corrected chi connectivity index (χ3v) is 2.79. The fourth-order valence-electron chi connectivity index (χ4n) is 1.50. The third kappa shape index (κ3) is 4.58. The molecule has 0 fully saturated rings. The van der Waals surface area contributed by atoms with E-state index in [-0.39, 0.29) is 5.41 Å². The monoisotopic (exact) mass is 290 g/mol. The van der Waals surface area contributed by atoms with Crippen LogP contribution < -0.4 is 9.47 Å². The van der Waals surface area contributed by atoms with Gasteiger partial charge in [-0.2, -0.15) is 0 Å². The number of halogens is 2. The molecule has 0 aliphatic heterocycles. The Morgan fingerprint density at radius 1 is 0.944 bits per heavy atom. The van der Waals surface area contributed by atoms with E-state index in [1.807, 2.05) is 12.1 Å². The van der Waals surface area contributed by atoms with Crippen molar-refractivity contribution in [2.24, 2.45) is 0 Å². The molecule has 0 bridgehead atoms. The molecule has 0 heterocycles. The van der Waals surface area contributed by atoms with Gasteiger partial charge in [0.25, 0.3) is 0 Å². The first kappa shape index (κ1) is 15.5. The minimum atomic E-state index is 0.0735. The number of benzene rings is 1. The summed E-state index contributed by atoms with van der Waals surface area (Å²) in [4.78, 5) is 0. The summed E-state index contributed by atoms with van der Waals surface area (Å²) in [6.45, 7) is 7.41. The van der Waals surface area contributed by atoms with Gasteiger partial charge in [0.1, 0.15) is 13.2 Å². The van der Waals surface area contributed by atoms with Crippen LogP contribution in [0, 0.1) is 0 Å². The van der Waals surface area contributed by atoms with Crippen LogP contribution >= 0.6 is 23.2 Å². The topological polar surface area (TPSA) is 18.5 Å². The second-order valence-electron chi connectivity index (χ2n) is 4.99. The minimum absolute atomic E-state index is 0.0735. The summed E-state index contributed by atoms with van der Waals surface area (Å²) >= 11 is 11.3. The molecular weight excluding hydrogens is 271 g/mol. The average Bonchev–Trinajstić information content (AvgIpc) is 2.33. The van der Waals surface area contributed by atoms with Crippen LogP contribution in [0.25, 0.3) is 0 Å². The first-order chi connectivity index (χ1) is 8.49. The summed E-state index contributed by atoms with van der Waals surface area (Å²) in [5, 5.41) is 0. The molecule has 0 aliphatic carbocycles. The Morgan fingerprint density at radius 3 is 2.00 bits per heavy atom. The maximum absolute atomic E-state index is 5.65. The zero-order valence-electron chi connectivity index (χ0n) is 11.1. The van der Waals surface area contributed by atoms with Crippen molar-refractivity contribution >= 4 is 23.2 Å². The largest absolute Gasteiger partial charge is 0.488 e. The Morgan fingerprint density at radius 2 is 1.50 bits per heavy atom. The summed E-state index contributed by atoms with van der Waals surface area (Å²) < 4.78 is 11.2. The first-order valence-electron chi connectivity index (χ1n) is 6.01. The van der Waals surface area contributed by atoms with Gasteiger partial charge >= 0.3 is 0 Å². The Labute approximate surface area is 119 Å². The highest BCUT2D eigenvalue weighted by atomic mass is 35.5. The van der Waals surface area contributed by atoms with Gasteiger partial charge in [-0.25, -0.2) is 0 Å². The molecular formula is C14H20Cl2O2. The molecule has 18 heavy (non-hydrogen) atoms. The van der Waals surface area contributed by atoms with Crippen LogP contribution in [0.2, 0.25) is 0 Å². The van der Waals surface area contributed by atoms with E-state index in [2.05, 4.69) is 26.8 Å². The molecule has 0 N–H and O–H groups in total. The van der Waals surface area contributed by atoms with Crippen LogP contribution in [0.15, 0.2) is 18.2 Å². The Balaban J connectivity index is 2.96. The normalized spacial score (nSPS) is 11.4.